The van der Waals surface area contributed by atoms with E-state index in [9.17, 15) is 14.4 Å². The molecule has 3 saturated heterocycles. The van der Waals surface area contributed by atoms with Crippen LogP contribution in [0.25, 0.3) is 0 Å². The lowest BCUT2D eigenvalue weighted by Gasteiger charge is -2.36. The third-order valence-electron chi connectivity index (χ3n) is 10.8. The molecule has 0 aromatic heterocycles. The molecule has 1 saturated carbocycles. The van der Waals surface area contributed by atoms with Crippen LogP contribution in [0.3, 0.4) is 0 Å². The maximum Gasteiger partial charge on any atom is 0.246 e. The fourth-order valence-corrected chi connectivity index (χ4v) is 8.90. The number of hydrogen-bond donors (Lipinski definition) is 2. The Morgan fingerprint density at radius 1 is 0.936 bits per heavy atom. The van der Waals surface area contributed by atoms with Crippen LogP contribution >= 0.6 is 11.8 Å². The number of fused-ring (bicyclic) bond motifs is 1. The van der Waals surface area contributed by atoms with Crippen molar-refractivity contribution in [2.24, 2.45) is 11.8 Å². The first-order valence-corrected chi connectivity index (χ1v) is 18.6. The molecule has 7 rings (SSSR count). The van der Waals surface area contributed by atoms with Gasteiger partial charge in [-0.15, -0.1) is 11.8 Å². The summed E-state index contributed by atoms with van der Waals surface area (Å²) < 4.78 is 6.57. The van der Waals surface area contributed by atoms with Crippen molar-refractivity contribution in [3.63, 3.8) is 0 Å². The second-order valence-corrected chi connectivity index (χ2v) is 14.6. The number of piperazine rings is 1. The Labute approximate surface area is 282 Å². The largest absolute Gasteiger partial charge is 0.359 e. The van der Waals surface area contributed by atoms with Crippen LogP contribution in [0.4, 0.5) is 5.69 Å². The predicted molar refractivity (Wildman–Crippen MR) is 184 cm³/mol. The molecule has 3 amide bonds. The summed E-state index contributed by atoms with van der Waals surface area (Å²) in [6.45, 7) is 6.24. The third-order valence-corrected chi connectivity index (χ3v) is 11.5. The van der Waals surface area contributed by atoms with Crippen molar-refractivity contribution in [3.05, 3.63) is 72.3 Å². The van der Waals surface area contributed by atoms with Gasteiger partial charge in [-0.1, -0.05) is 67.8 Å². The molecular weight excluding hydrogens is 611 g/mol. The molecule has 5 aliphatic rings. The number of ether oxygens (including phenoxy) is 1. The Morgan fingerprint density at radius 2 is 1.70 bits per heavy atom. The number of nitrogens with zero attached hydrogens (tertiary/aromatic N) is 3. The molecule has 2 aromatic rings. The number of amides is 3. The SMILES string of the molecule is CSc1cccc(NC(=O)[C@@H]2[C@@H]3C=C[C@]4(O3)[C@@H]2C(=O)N(CCCN2CCN(Cc3ccccc3)CC2)[C@H]4C(=O)NC2CCCCC2)c1. The second-order valence-electron chi connectivity index (χ2n) is 13.8. The van der Waals surface area contributed by atoms with Crippen molar-refractivity contribution in [1.82, 2.24) is 20.0 Å². The second kappa shape index (κ2) is 14.1. The van der Waals surface area contributed by atoms with Crippen LogP contribution in [-0.4, -0.2) is 102 Å². The zero-order valence-corrected chi connectivity index (χ0v) is 28.1. The van der Waals surface area contributed by atoms with Gasteiger partial charge in [0.25, 0.3) is 0 Å². The average molecular weight is 658 g/mol. The normalized spacial score (nSPS) is 29.3. The van der Waals surface area contributed by atoms with E-state index in [4.69, 9.17) is 4.74 Å². The van der Waals surface area contributed by atoms with Gasteiger partial charge in [-0.05, 0) is 55.8 Å². The van der Waals surface area contributed by atoms with Crippen molar-refractivity contribution in [1.29, 1.82) is 0 Å². The third kappa shape index (κ3) is 6.62. The zero-order valence-electron chi connectivity index (χ0n) is 27.3. The number of likely N-dealkylation sites (tertiary alicyclic amines) is 1. The summed E-state index contributed by atoms with van der Waals surface area (Å²) in [7, 11) is 0. The number of carbonyl (C=O) groups is 3. The van der Waals surface area contributed by atoms with Gasteiger partial charge in [-0.25, -0.2) is 0 Å². The molecule has 250 valence electrons. The Balaban J connectivity index is 1.04. The molecule has 4 heterocycles. The summed E-state index contributed by atoms with van der Waals surface area (Å²) in [5.41, 5.74) is 0.898. The molecule has 47 heavy (non-hydrogen) atoms. The Hall–Kier alpha value is -3.18. The van der Waals surface area contributed by atoms with Crippen LogP contribution in [0, 0.1) is 11.8 Å². The highest BCUT2D eigenvalue weighted by atomic mass is 32.2. The fourth-order valence-electron chi connectivity index (χ4n) is 8.44. The minimum absolute atomic E-state index is 0.112. The number of benzene rings is 2. The standard InChI is InChI=1S/C37H47N5O4S/c1-47-29-15-8-14-28(24-29)39-34(43)31-30-16-17-37(46-30)32(31)36(45)42(33(37)35(44)38-27-12-6-3-7-13-27)19-9-18-40-20-22-41(23-21-40)25-26-10-4-2-5-11-26/h2,4-5,8,10-11,14-17,24,27,30-33H,3,6-7,9,12-13,18-23,25H2,1H3,(H,38,44)(H,39,43)/t30-,31+,32-,33-,37-/m0/s1. The topological polar surface area (TPSA) is 94.2 Å². The molecule has 2 aromatic carbocycles. The van der Waals surface area contributed by atoms with Crippen LogP contribution in [0.1, 0.15) is 44.1 Å². The van der Waals surface area contributed by atoms with Crippen molar-refractivity contribution in [2.45, 2.75) is 73.8 Å². The highest BCUT2D eigenvalue weighted by molar-refractivity contribution is 7.98. The first kappa shape index (κ1) is 32.4. The van der Waals surface area contributed by atoms with Crippen LogP contribution in [0.2, 0.25) is 0 Å². The lowest BCUT2D eigenvalue weighted by Crippen LogP contribution is -2.56. The number of thioether (sulfide) groups is 1. The minimum Gasteiger partial charge on any atom is -0.359 e. The quantitative estimate of drug-likeness (QED) is 0.277. The lowest BCUT2D eigenvalue weighted by molar-refractivity contribution is -0.141. The van der Waals surface area contributed by atoms with E-state index in [0.717, 1.165) is 76.3 Å². The number of nitrogens with one attached hydrogen (secondary N) is 2. The molecule has 0 unspecified atom stereocenters. The van der Waals surface area contributed by atoms with E-state index in [-0.39, 0.29) is 23.8 Å². The van der Waals surface area contributed by atoms with Gasteiger partial charge in [0.05, 0.1) is 17.9 Å². The Morgan fingerprint density at radius 3 is 2.47 bits per heavy atom. The van der Waals surface area contributed by atoms with Gasteiger partial charge < -0.3 is 25.2 Å². The highest BCUT2D eigenvalue weighted by Gasteiger charge is 2.72. The molecule has 4 fully saturated rings. The van der Waals surface area contributed by atoms with Crippen LogP contribution < -0.4 is 10.6 Å². The smallest absolute Gasteiger partial charge is 0.246 e. The Bertz CT molecular complexity index is 1470. The molecule has 4 aliphatic heterocycles. The number of hydrogen-bond acceptors (Lipinski definition) is 7. The molecule has 1 spiro atoms. The van der Waals surface area contributed by atoms with E-state index in [1.165, 1.54) is 12.0 Å². The van der Waals surface area contributed by atoms with E-state index in [1.807, 2.05) is 42.7 Å². The van der Waals surface area contributed by atoms with E-state index >= 15 is 0 Å². The summed E-state index contributed by atoms with van der Waals surface area (Å²) in [5, 5.41) is 6.35. The van der Waals surface area contributed by atoms with E-state index in [0.29, 0.717) is 12.2 Å². The fraction of sp³-hybridized carbons (Fsp3) is 0.541. The van der Waals surface area contributed by atoms with Crippen molar-refractivity contribution >= 4 is 35.2 Å². The summed E-state index contributed by atoms with van der Waals surface area (Å²) in [6.07, 6.45) is 11.3. The van der Waals surface area contributed by atoms with Crippen molar-refractivity contribution < 1.29 is 19.1 Å². The molecule has 5 atom stereocenters. The molecular formula is C37H47N5O4S. The summed E-state index contributed by atoms with van der Waals surface area (Å²) in [5.74, 6) is -1.96. The van der Waals surface area contributed by atoms with E-state index < -0.39 is 29.6 Å². The number of anilines is 1. The molecule has 9 nitrogen and oxygen atoms in total. The maximum atomic E-state index is 14.4. The van der Waals surface area contributed by atoms with Crippen molar-refractivity contribution in [2.75, 3.05) is 50.8 Å². The first-order valence-electron chi connectivity index (χ1n) is 17.4. The highest BCUT2D eigenvalue weighted by Crippen LogP contribution is 2.55. The maximum absolute atomic E-state index is 14.4. The van der Waals surface area contributed by atoms with Gasteiger partial charge in [0.15, 0.2) is 0 Å². The van der Waals surface area contributed by atoms with Gasteiger partial charge in [0.2, 0.25) is 17.7 Å². The monoisotopic (exact) mass is 657 g/mol. The first-order chi connectivity index (χ1) is 22.9. The van der Waals surface area contributed by atoms with Gasteiger partial charge in [-0.3, -0.25) is 19.3 Å². The average Bonchev–Trinajstić information content (AvgIpc) is 3.74. The molecule has 1 aliphatic carbocycles. The van der Waals surface area contributed by atoms with E-state index in [1.54, 1.807) is 16.7 Å². The minimum atomic E-state index is -1.13. The summed E-state index contributed by atoms with van der Waals surface area (Å²) >= 11 is 1.61. The lowest BCUT2D eigenvalue weighted by atomic mass is 9.74. The summed E-state index contributed by atoms with van der Waals surface area (Å²) in [4.78, 5) is 50.1. The van der Waals surface area contributed by atoms with Crippen LogP contribution in [0.15, 0.2) is 71.6 Å². The summed E-state index contributed by atoms with van der Waals surface area (Å²) in [6, 6.07) is 17.6. The van der Waals surface area contributed by atoms with Gasteiger partial charge in [0, 0.05) is 55.9 Å². The Kier molecular flexibility index (Phi) is 9.73. The van der Waals surface area contributed by atoms with Crippen molar-refractivity contribution in [3.8, 4) is 0 Å². The number of carbonyl (C=O) groups excluding carboxylic acids is 3. The molecule has 10 heteroatoms. The number of rotatable bonds is 11. The molecule has 2 N–H and O–H groups in total. The van der Waals surface area contributed by atoms with Gasteiger partial charge >= 0.3 is 0 Å². The van der Waals surface area contributed by atoms with E-state index in [2.05, 4.69) is 50.8 Å². The molecule has 0 radical (unpaired) electrons. The molecule has 2 bridgehead atoms. The zero-order chi connectivity index (χ0) is 32.4. The van der Waals surface area contributed by atoms with Gasteiger partial charge in [0.1, 0.15) is 11.6 Å². The predicted octanol–water partition coefficient (Wildman–Crippen LogP) is 4.15. The van der Waals surface area contributed by atoms with Gasteiger partial charge in [-0.2, -0.15) is 0 Å². The van der Waals surface area contributed by atoms with Crippen LogP contribution in [0.5, 0.6) is 0 Å². The van der Waals surface area contributed by atoms with Crippen LogP contribution in [-0.2, 0) is 25.7 Å².